The topological polar surface area (TPSA) is 42.0 Å². The summed E-state index contributed by atoms with van der Waals surface area (Å²) < 4.78 is 0. The van der Waals surface area contributed by atoms with Crippen molar-refractivity contribution in [3.63, 3.8) is 0 Å². The quantitative estimate of drug-likeness (QED) is 0.839. The Kier molecular flexibility index (Phi) is 4.58. The Hall–Kier alpha value is -1.94. The Labute approximate surface area is 129 Å². The Balaban J connectivity index is 2.26. The van der Waals surface area contributed by atoms with Crippen molar-refractivity contribution in [3.05, 3.63) is 45.9 Å². The van der Waals surface area contributed by atoms with Crippen LogP contribution in [0.2, 0.25) is 0 Å². The zero-order valence-electron chi connectivity index (χ0n) is 13.1. The van der Waals surface area contributed by atoms with Gasteiger partial charge in [-0.3, -0.25) is 10.1 Å². The number of rotatable bonds is 3. The molecule has 1 N–H and O–H groups in total. The molecule has 0 aliphatic carbocycles. The third-order valence-corrected chi connectivity index (χ3v) is 4.03. The van der Waals surface area contributed by atoms with Crippen molar-refractivity contribution < 1.29 is 4.79 Å². The standard InChI is InChI=1S/C17H20N2OS/c1-10(2)6-16(20)19-17-18-15(9-21-17)14-8-12(4)11(3)7-13(14)5/h6-9H,1-5H3,(H,18,19,20). The lowest BCUT2D eigenvalue weighted by atomic mass is 9.99. The highest BCUT2D eigenvalue weighted by atomic mass is 32.1. The maximum absolute atomic E-state index is 11.7. The molecule has 2 aromatic rings. The van der Waals surface area contributed by atoms with Gasteiger partial charge in [0.05, 0.1) is 5.69 Å². The fraction of sp³-hybridized carbons (Fsp3) is 0.294. The first kappa shape index (κ1) is 15.4. The van der Waals surface area contributed by atoms with Crippen LogP contribution < -0.4 is 5.32 Å². The molecule has 3 nitrogen and oxygen atoms in total. The maximum Gasteiger partial charge on any atom is 0.250 e. The largest absolute Gasteiger partial charge is 0.298 e. The van der Waals surface area contributed by atoms with Gasteiger partial charge in [-0.1, -0.05) is 11.6 Å². The van der Waals surface area contributed by atoms with E-state index in [0.29, 0.717) is 5.13 Å². The molecule has 2 rings (SSSR count). The zero-order valence-corrected chi connectivity index (χ0v) is 13.9. The number of thiazole rings is 1. The number of anilines is 1. The molecule has 0 aliphatic rings. The fourth-order valence-corrected chi connectivity index (χ4v) is 2.81. The van der Waals surface area contributed by atoms with Crippen molar-refractivity contribution in [2.45, 2.75) is 34.6 Å². The zero-order chi connectivity index (χ0) is 15.6. The van der Waals surface area contributed by atoms with Crippen molar-refractivity contribution in [2.75, 3.05) is 5.32 Å². The summed E-state index contributed by atoms with van der Waals surface area (Å²) >= 11 is 1.45. The number of nitrogens with one attached hydrogen (secondary N) is 1. The second kappa shape index (κ2) is 6.22. The molecule has 0 saturated carbocycles. The van der Waals surface area contributed by atoms with Crippen molar-refractivity contribution in [1.82, 2.24) is 4.98 Å². The van der Waals surface area contributed by atoms with Crippen LogP contribution in [0.3, 0.4) is 0 Å². The highest BCUT2D eigenvalue weighted by Crippen LogP contribution is 2.29. The molecule has 110 valence electrons. The minimum absolute atomic E-state index is 0.132. The fourth-order valence-electron chi connectivity index (χ4n) is 2.10. The first-order valence-electron chi connectivity index (χ1n) is 6.86. The molecular formula is C17H20N2OS. The van der Waals surface area contributed by atoms with E-state index in [1.165, 1.54) is 28.0 Å². The highest BCUT2D eigenvalue weighted by molar-refractivity contribution is 7.14. The molecular weight excluding hydrogens is 280 g/mol. The van der Waals surface area contributed by atoms with Gasteiger partial charge in [-0.15, -0.1) is 11.3 Å². The molecule has 1 heterocycles. The predicted molar refractivity (Wildman–Crippen MR) is 89.8 cm³/mol. The van der Waals surface area contributed by atoms with Crippen LogP contribution in [0.5, 0.6) is 0 Å². The van der Waals surface area contributed by atoms with Gasteiger partial charge in [0.25, 0.3) is 0 Å². The summed E-state index contributed by atoms with van der Waals surface area (Å²) in [5.41, 5.74) is 6.73. The lowest BCUT2D eigenvalue weighted by molar-refractivity contribution is -0.111. The lowest BCUT2D eigenvalue weighted by Gasteiger charge is -2.07. The molecule has 0 radical (unpaired) electrons. The summed E-state index contributed by atoms with van der Waals surface area (Å²) in [5, 5.41) is 5.41. The first-order chi connectivity index (χ1) is 9.86. The molecule has 1 aromatic carbocycles. The van der Waals surface area contributed by atoms with Crippen molar-refractivity contribution in [1.29, 1.82) is 0 Å². The number of benzene rings is 1. The monoisotopic (exact) mass is 300 g/mol. The lowest BCUT2D eigenvalue weighted by Crippen LogP contribution is -2.08. The van der Waals surface area contributed by atoms with Crippen LogP contribution in [0.15, 0.2) is 29.2 Å². The van der Waals surface area contributed by atoms with Crippen molar-refractivity contribution >= 4 is 22.4 Å². The summed E-state index contributed by atoms with van der Waals surface area (Å²) in [7, 11) is 0. The van der Waals surface area contributed by atoms with Crippen molar-refractivity contribution in [2.24, 2.45) is 0 Å². The van der Waals surface area contributed by atoms with Crippen LogP contribution in [0.1, 0.15) is 30.5 Å². The number of amides is 1. The highest BCUT2D eigenvalue weighted by Gasteiger charge is 2.10. The molecule has 0 atom stereocenters. The second-order valence-corrected chi connectivity index (χ2v) is 6.36. The van der Waals surface area contributed by atoms with Crippen LogP contribution in [0.4, 0.5) is 5.13 Å². The minimum atomic E-state index is -0.132. The molecule has 0 bridgehead atoms. The van der Waals surface area contributed by atoms with Gasteiger partial charge in [-0.05, 0) is 57.4 Å². The molecule has 1 amide bonds. The van der Waals surface area contributed by atoms with Gasteiger partial charge in [-0.25, -0.2) is 4.98 Å². The average molecular weight is 300 g/mol. The minimum Gasteiger partial charge on any atom is -0.298 e. The maximum atomic E-state index is 11.7. The molecule has 0 fully saturated rings. The number of carbonyl (C=O) groups excluding carboxylic acids is 1. The third kappa shape index (κ3) is 3.79. The van der Waals surface area contributed by atoms with Gasteiger partial charge in [0.1, 0.15) is 0 Å². The van der Waals surface area contributed by atoms with Crippen LogP contribution in [-0.4, -0.2) is 10.9 Å². The van der Waals surface area contributed by atoms with E-state index in [1.54, 1.807) is 6.08 Å². The first-order valence-corrected chi connectivity index (χ1v) is 7.74. The smallest absolute Gasteiger partial charge is 0.250 e. The summed E-state index contributed by atoms with van der Waals surface area (Å²) in [5.74, 6) is -0.132. The van der Waals surface area contributed by atoms with Gasteiger partial charge >= 0.3 is 0 Å². The van der Waals surface area contributed by atoms with E-state index < -0.39 is 0 Å². The third-order valence-electron chi connectivity index (χ3n) is 3.27. The molecule has 21 heavy (non-hydrogen) atoms. The number of aryl methyl sites for hydroxylation is 3. The van der Waals surface area contributed by atoms with Crippen LogP contribution in [-0.2, 0) is 4.79 Å². The van der Waals surface area contributed by atoms with Crippen LogP contribution >= 0.6 is 11.3 Å². The van der Waals surface area contributed by atoms with E-state index in [-0.39, 0.29) is 5.91 Å². The number of hydrogen-bond acceptors (Lipinski definition) is 3. The normalized spacial score (nSPS) is 10.3. The Morgan fingerprint density at radius 1 is 1.14 bits per heavy atom. The second-order valence-electron chi connectivity index (χ2n) is 5.50. The number of carbonyl (C=O) groups is 1. The Morgan fingerprint density at radius 2 is 1.81 bits per heavy atom. The molecule has 0 aliphatic heterocycles. The SMILES string of the molecule is CC(C)=CC(=O)Nc1nc(-c2cc(C)c(C)cc2C)cs1. The summed E-state index contributed by atoms with van der Waals surface area (Å²) in [6.45, 7) is 10.1. The Bertz CT molecular complexity index is 710. The summed E-state index contributed by atoms with van der Waals surface area (Å²) in [6.07, 6.45) is 1.57. The van der Waals surface area contributed by atoms with E-state index in [4.69, 9.17) is 0 Å². The number of aromatic nitrogens is 1. The summed E-state index contributed by atoms with van der Waals surface area (Å²) in [6, 6.07) is 4.33. The van der Waals surface area contributed by atoms with Gasteiger partial charge in [-0.2, -0.15) is 0 Å². The van der Waals surface area contributed by atoms with E-state index in [2.05, 4.69) is 43.2 Å². The molecule has 0 saturated heterocycles. The van der Waals surface area contributed by atoms with Gasteiger partial charge in [0, 0.05) is 17.0 Å². The van der Waals surface area contributed by atoms with E-state index in [0.717, 1.165) is 16.8 Å². The van der Waals surface area contributed by atoms with E-state index in [9.17, 15) is 4.79 Å². The van der Waals surface area contributed by atoms with Gasteiger partial charge in [0.15, 0.2) is 5.13 Å². The Morgan fingerprint density at radius 3 is 2.48 bits per heavy atom. The molecule has 0 unspecified atom stereocenters. The van der Waals surface area contributed by atoms with Crippen LogP contribution in [0, 0.1) is 20.8 Å². The molecule has 0 spiro atoms. The average Bonchev–Trinajstić information content (AvgIpc) is 2.80. The van der Waals surface area contributed by atoms with Gasteiger partial charge in [0.2, 0.25) is 5.91 Å². The summed E-state index contributed by atoms with van der Waals surface area (Å²) in [4.78, 5) is 16.2. The number of hydrogen-bond donors (Lipinski definition) is 1. The molecule has 4 heteroatoms. The van der Waals surface area contributed by atoms with Crippen LogP contribution in [0.25, 0.3) is 11.3 Å². The van der Waals surface area contributed by atoms with Gasteiger partial charge < -0.3 is 0 Å². The van der Waals surface area contributed by atoms with Crippen molar-refractivity contribution in [3.8, 4) is 11.3 Å². The number of nitrogens with zero attached hydrogens (tertiary/aromatic N) is 1. The van der Waals surface area contributed by atoms with E-state index in [1.807, 2.05) is 19.2 Å². The number of allylic oxidation sites excluding steroid dienone is 1. The predicted octanol–water partition coefficient (Wildman–Crippen LogP) is 4.64. The van der Waals surface area contributed by atoms with E-state index >= 15 is 0 Å². The molecule has 1 aromatic heterocycles.